The third kappa shape index (κ3) is 5.79. The van der Waals surface area contributed by atoms with Gasteiger partial charge in [0.15, 0.2) is 0 Å². The molecule has 2 saturated carbocycles. The SMILES string of the molecule is CCCCCCC[C@H]1CC[C@H](c2cnc(C3CCCCC3)nc2)CC1. The Morgan fingerprint density at radius 3 is 2.12 bits per heavy atom. The maximum absolute atomic E-state index is 4.76. The number of aromatic nitrogens is 2. The van der Waals surface area contributed by atoms with E-state index in [0.29, 0.717) is 5.92 Å². The van der Waals surface area contributed by atoms with Gasteiger partial charge in [-0.15, -0.1) is 0 Å². The van der Waals surface area contributed by atoms with E-state index in [1.165, 1.54) is 102 Å². The number of unbranched alkanes of at least 4 members (excludes halogenated alkanes) is 4. The molecule has 0 N–H and O–H groups in total. The second kappa shape index (κ2) is 10.3. The first-order valence-corrected chi connectivity index (χ1v) is 11.2. The van der Waals surface area contributed by atoms with E-state index in [9.17, 15) is 0 Å². The second-order valence-electron chi connectivity index (χ2n) is 8.63. The predicted molar refractivity (Wildman–Crippen MR) is 106 cm³/mol. The molecule has 0 atom stereocenters. The monoisotopic (exact) mass is 342 g/mol. The maximum atomic E-state index is 4.76. The van der Waals surface area contributed by atoms with Crippen molar-refractivity contribution in [2.24, 2.45) is 5.92 Å². The number of rotatable bonds is 8. The van der Waals surface area contributed by atoms with Gasteiger partial charge in [0.05, 0.1) is 0 Å². The van der Waals surface area contributed by atoms with Crippen molar-refractivity contribution in [3.8, 4) is 0 Å². The molecule has 0 amide bonds. The summed E-state index contributed by atoms with van der Waals surface area (Å²) < 4.78 is 0. The average Bonchev–Trinajstić information content (AvgIpc) is 2.69. The number of nitrogens with zero attached hydrogens (tertiary/aromatic N) is 2. The van der Waals surface area contributed by atoms with Crippen molar-refractivity contribution in [2.45, 2.75) is 115 Å². The van der Waals surface area contributed by atoms with Crippen LogP contribution in [0.1, 0.15) is 126 Å². The van der Waals surface area contributed by atoms with Crippen LogP contribution in [0, 0.1) is 5.92 Å². The highest BCUT2D eigenvalue weighted by atomic mass is 14.9. The summed E-state index contributed by atoms with van der Waals surface area (Å²) >= 11 is 0. The van der Waals surface area contributed by atoms with E-state index < -0.39 is 0 Å². The molecule has 0 unspecified atom stereocenters. The molecule has 2 heteroatoms. The van der Waals surface area contributed by atoms with Gasteiger partial charge in [-0.05, 0) is 55.9 Å². The molecular formula is C23H38N2. The summed E-state index contributed by atoms with van der Waals surface area (Å²) in [6.45, 7) is 2.30. The van der Waals surface area contributed by atoms with Crippen molar-refractivity contribution >= 4 is 0 Å². The lowest BCUT2D eigenvalue weighted by atomic mass is 9.77. The summed E-state index contributed by atoms with van der Waals surface area (Å²) in [4.78, 5) is 9.53. The first kappa shape index (κ1) is 18.9. The average molecular weight is 343 g/mol. The standard InChI is InChI=1S/C23H38N2/c1-2-3-4-5-7-10-19-13-15-20(16-14-19)22-17-24-23(25-18-22)21-11-8-6-9-12-21/h17-21H,2-16H2,1H3/t19-,20-. The van der Waals surface area contributed by atoms with Crippen LogP contribution >= 0.6 is 0 Å². The van der Waals surface area contributed by atoms with E-state index in [0.717, 1.165) is 17.7 Å². The molecule has 0 aliphatic heterocycles. The summed E-state index contributed by atoms with van der Waals surface area (Å²) in [7, 11) is 0. The number of hydrogen-bond acceptors (Lipinski definition) is 2. The van der Waals surface area contributed by atoms with E-state index in [1.807, 2.05) is 0 Å². The van der Waals surface area contributed by atoms with Crippen LogP contribution in [0.5, 0.6) is 0 Å². The van der Waals surface area contributed by atoms with Crippen LogP contribution in [-0.2, 0) is 0 Å². The van der Waals surface area contributed by atoms with Crippen molar-refractivity contribution < 1.29 is 0 Å². The van der Waals surface area contributed by atoms with Gasteiger partial charge in [0, 0.05) is 18.3 Å². The minimum Gasteiger partial charge on any atom is -0.241 e. The van der Waals surface area contributed by atoms with Crippen LogP contribution in [-0.4, -0.2) is 9.97 Å². The Morgan fingerprint density at radius 2 is 1.44 bits per heavy atom. The number of hydrogen-bond donors (Lipinski definition) is 0. The summed E-state index contributed by atoms with van der Waals surface area (Å²) in [5.74, 6) is 3.45. The van der Waals surface area contributed by atoms with Crippen molar-refractivity contribution in [1.82, 2.24) is 9.97 Å². The highest BCUT2D eigenvalue weighted by molar-refractivity contribution is 5.14. The third-order valence-corrected chi connectivity index (χ3v) is 6.70. The first-order valence-electron chi connectivity index (χ1n) is 11.2. The van der Waals surface area contributed by atoms with Gasteiger partial charge in [0.1, 0.15) is 5.82 Å². The Kier molecular flexibility index (Phi) is 7.76. The molecule has 0 aromatic carbocycles. The summed E-state index contributed by atoms with van der Waals surface area (Å²) in [5.41, 5.74) is 1.40. The van der Waals surface area contributed by atoms with Crippen LogP contribution in [0.3, 0.4) is 0 Å². The summed E-state index contributed by atoms with van der Waals surface area (Å²) in [6, 6.07) is 0. The van der Waals surface area contributed by atoms with Gasteiger partial charge in [0.25, 0.3) is 0 Å². The van der Waals surface area contributed by atoms with Crippen LogP contribution in [0.2, 0.25) is 0 Å². The zero-order chi connectivity index (χ0) is 17.3. The summed E-state index contributed by atoms with van der Waals surface area (Å²) in [6.07, 6.45) is 25.2. The lowest BCUT2D eigenvalue weighted by molar-refractivity contribution is 0.301. The van der Waals surface area contributed by atoms with Crippen LogP contribution in [0.4, 0.5) is 0 Å². The second-order valence-corrected chi connectivity index (χ2v) is 8.63. The molecule has 2 fully saturated rings. The molecule has 25 heavy (non-hydrogen) atoms. The topological polar surface area (TPSA) is 25.8 Å². The largest absolute Gasteiger partial charge is 0.241 e. The molecule has 2 aliphatic rings. The Morgan fingerprint density at radius 1 is 0.760 bits per heavy atom. The molecule has 3 rings (SSSR count). The molecule has 140 valence electrons. The highest BCUT2D eigenvalue weighted by Crippen LogP contribution is 2.38. The maximum Gasteiger partial charge on any atom is 0.131 e. The quantitative estimate of drug-likeness (QED) is 0.468. The van der Waals surface area contributed by atoms with E-state index in [-0.39, 0.29) is 0 Å². The molecule has 0 bridgehead atoms. The van der Waals surface area contributed by atoms with Crippen molar-refractivity contribution in [2.75, 3.05) is 0 Å². The van der Waals surface area contributed by atoms with E-state index in [2.05, 4.69) is 19.3 Å². The lowest BCUT2D eigenvalue weighted by Crippen LogP contribution is -2.15. The molecule has 2 nitrogen and oxygen atoms in total. The Hall–Kier alpha value is -0.920. The minimum atomic E-state index is 0.631. The van der Waals surface area contributed by atoms with Gasteiger partial charge in [-0.2, -0.15) is 0 Å². The molecule has 0 spiro atoms. The molecule has 2 aliphatic carbocycles. The summed E-state index contributed by atoms with van der Waals surface area (Å²) in [5, 5.41) is 0. The van der Waals surface area contributed by atoms with Crippen molar-refractivity contribution in [3.05, 3.63) is 23.8 Å². The zero-order valence-electron chi connectivity index (χ0n) is 16.4. The minimum absolute atomic E-state index is 0.631. The molecule has 1 aromatic heterocycles. The van der Waals surface area contributed by atoms with Gasteiger partial charge >= 0.3 is 0 Å². The first-order chi connectivity index (χ1) is 12.4. The van der Waals surface area contributed by atoms with Crippen LogP contribution in [0.25, 0.3) is 0 Å². The fourth-order valence-corrected chi connectivity index (χ4v) is 4.95. The van der Waals surface area contributed by atoms with Gasteiger partial charge in [-0.3, -0.25) is 0 Å². The predicted octanol–water partition coefficient (Wildman–Crippen LogP) is 7.16. The van der Waals surface area contributed by atoms with Crippen LogP contribution < -0.4 is 0 Å². The Labute approximate surface area is 155 Å². The van der Waals surface area contributed by atoms with E-state index in [4.69, 9.17) is 9.97 Å². The van der Waals surface area contributed by atoms with E-state index >= 15 is 0 Å². The molecule has 0 radical (unpaired) electrons. The van der Waals surface area contributed by atoms with E-state index in [1.54, 1.807) is 0 Å². The smallest absolute Gasteiger partial charge is 0.131 e. The Bertz CT molecular complexity index is 467. The molecule has 0 saturated heterocycles. The molecule has 1 aromatic rings. The zero-order valence-corrected chi connectivity index (χ0v) is 16.4. The Balaban J connectivity index is 1.40. The van der Waals surface area contributed by atoms with Gasteiger partial charge in [-0.25, -0.2) is 9.97 Å². The third-order valence-electron chi connectivity index (χ3n) is 6.70. The van der Waals surface area contributed by atoms with Gasteiger partial charge in [-0.1, -0.05) is 64.7 Å². The van der Waals surface area contributed by atoms with Crippen molar-refractivity contribution in [1.29, 1.82) is 0 Å². The fraction of sp³-hybridized carbons (Fsp3) is 0.826. The van der Waals surface area contributed by atoms with Gasteiger partial charge in [0.2, 0.25) is 0 Å². The molecule has 1 heterocycles. The van der Waals surface area contributed by atoms with Crippen LogP contribution in [0.15, 0.2) is 12.4 Å². The highest BCUT2D eigenvalue weighted by Gasteiger charge is 2.23. The lowest BCUT2D eigenvalue weighted by Gasteiger charge is -2.28. The molecular weight excluding hydrogens is 304 g/mol. The van der Waals surface area contributed by atoms with Crippen molar-refractivity contribution in [3.63, 3.8) is 0 Å². The normalized spacial score (nSPS) is 25.2. The fourth-order valence-electron chi connectivity index (χ4n) is 4.95. The van der Waals surface area contributed by atoms with Gasteiger partial charge < -0.3 is 0 Å².